The summed E-state index contributed by atoms with van der Waals surface area (Å²) >= 11 is 0. The lowest BCUT2D eigenvalue weighted by Crippen LogP contribution is -2.13. The minimum Gasteiger partial charge on any atom is -0.428 e. The summed E-state index contributed by atoms with van der Waals surface area (Å²) in [5.74, 6) is 0.660. The fourth-order valence-corrected chi connectivity index (χ4v) is 1.40. The maximum absolute atomic E-state index is 10.3. The van der Waals surface area contributed by atoms with Gasteiger partial charge in [0.05, 0.1) is 0 Å². The molecule has 0 aliphatic carbocycles. The zero-order chi connectivity index (χ0) is 10.8. The molecule has 0 aromatic heterocycles. The van der Waals surface area contributed by atoms with Gasteiger partial charge >= 0.3 is 0 Å². The topological polar surface area (TPSA) is 26.3 Å². The van der Waals surface area contributed by atoms with E-state index >= 15 is 0 Å². The average Bonchev–Trinajstić information content (AvgIpc) is 2.02. The molecule has 0 saturated carbocycles. The molecule has 1 aromatic carbocycles. The molecule has 0 aliphatic rings. The van der Waals surface area contributed by atoms with Crippen molar-refractivity contribution >= 4 is 6.47 Å². The standard InChI is InChI=1S/C12H16O2/c1-9-5-6-10(12(2,3)4)11(7-9)14-8-13/h5-8H,1-4H3. The molecule has 0 radical (unpaired) electrons. The summed E-state index contributed by atoms with van der Waals surface area (Å²) in [7, 11) is 0. The lowest BCUT2D eigenvalue weighted by Gasteiger charge is -2.21. The van der Waals surface area contributed by atoms with Crippen molar-refractivity contribution in [2.24, 2.45) is 0 Å². The van der Waals surface area contributed by atoms with Crippen molar-refractivity contribution in [3.63, 3.8) is 0 Å². The molecule has 0 spiro atoms. The van der Waals surface area contributed by atoms with E-state index in [1.54, 1.807) is 0 Å². The number of carbonyl (C=O) groups excluding carboxylic acids is 1. The van der Waals surface area contributed by atoms with Gasteiger partial charge in [0.15, 0.2) is 0 Å². The Morgan fingerprint density at radius 1 is 1.29 bits per heavy atom. The first kappa shape index (κ1) is 10.8. The molecule has 76 valence electrons. The maximum atomic E-state index is 10.3. The highest BCUT2D eigenvalue weighted by Gasteiger charge is 2.18. The molecule has 1 aromatic rings. The van der Waals surface area contributed by atoms with Crippen LogP contribution in [0.15, 0.2) is 18.2 Å². The van der Waals surface area contributed by atoms with Crippen LogP contribution >= 0.6 is 0 Å². The smallest absolute Gasteiger partial charge is 0.298 e. The fourth-order valence-electron chi connectivity index (χ4n) is 1.40. The second-order valence-electron chi connectivity index (χ2n) is 4.46. The quantitative estimate of drug-likeness (QED) is 0.673. The van der Waals surface area contributed by atoms with E-state index in [0.29, 0.717) is 12.2 Å². The van der Waals surface area contributed by atoms with Crippen molar-refractivity contribution < 1.29 is 9.53 Å². The molecule has 14 heavy (non-hydrogen) atoms. The maximum Gasteiger partial charge on any atom is 0.298 e. The van der Waals surface area contributed by atoms with Crippen molar-refractivity contribution in [2.75, 3.05) is 0 Å². The van der Waals surface area contributed by atoms with Crippen LogP contribution in [0.25, 0.3) is 0 Å². The van der Waals surface area contributed by atoms with Gasteiger partial charge in [0.25, 0.3) is 6.47 Å². The average molecular weight is 192 g/mol. The largest absolute Gasteiger partial charge is 0.428 e. The number of ether oxygens (including phenoxy) is 1. The van der Waals surface area contributed by atoms with Crippen LogP contribution in [0.3, 0.4) is 0 Å². The summed E-state index contributed by atoms with van der Waals surface area (Å²) in [6.45, 7) is 8.73. The van der Waals surface area contributed by atoms with E-state index < -0.39 is 0 Å². The highest BCUT2D eigenvalue weighted by molar-refractivity contribution is 5.50. The number of carbonyl (C=O) groups is 1. The van der Waals surface area contributed by atoms with Gasteiger partial charge in [-0.15, -0.1) is 0 Å². The highest BCUT2D eigenvalue weighted by Crippen LogP contribution is 2.31. The number of aryl methyl sites for hydroxylation is 1. The van der Waals surface area contributed by atoms with E-state index in [-0.39, 0.29) is 5.41 Å². The number of rotatable bonds is 2. The first-order chi connectivity index (χ1) is 6.45. The third kappa shape index (κ3) is 2.34. The Morgan fingerprint density at radius 2 is 1.93 bits per heavy atom. The molecule has 0 unspecified atom stereocenters. The van der Waals surface area contributed by atoms with Crippen molar-refractivity contribution in [1.82, 2.24) is 0 Å². The Balaban J connectivity index is 3.21. The van der Waals surface area contributed by atoms with Crippen molar-refractivity contribution in [3.05, 3.63) is 29.3 Å². The SMILES string of the molecule is Cc1ccc(C(C)(C)C)c(OC=O)c1. The Kier molecular flexibility index (Phi) is 2.94. The first-order valence-electron chi connectivity index (χ1n) is 4.66. The minimum absolute atomic E-state index is 0.00789. The van der Waals surface area contributed by atoms with Gasteiger partial charge in [-0.25, -0.2) is 0 Å². The molecule has 2 nitrogen and oxygen atoms in total. The van der Waals surface area contributed by atoms with Crippen LogP contribution in [0.2, 0.25) is 0 Å². The zero-order valence-corrected chi connectivity index (χ0v) is 9.13. The van der Waals surface area contributed by atoms with E-state index in [1.165, 1.54) is 0 Å². The molecule has 0 fully saturated rings. The van der Waals surface area contributed by atoms with Crippen LogP contribution in [0.5, 0.6) is 5.75 Å². The molecule has 0 amide bonds. The van der Waals surface area contributed by atoms with Gasteiger partial charge in [0, 0.05) is 5.56 Å². The van der Waals surface area contributed by atoms with Gasteiger partial charge in [-0.3, -0.25) is 4.79 Å². The summed E-state index contributed by atoms with van der Waals surface area (Å²) in [6, 6.07) is 5.92. The molecule has 0 heterocycles. The Labute approximate surface area is 84.9 Å². The van der Waals surface area contributed by atoms with E-state index in [2.05, 4.69) is 20.8 Å². The molecule has 0 atom stereocenters. The lowest BCUT2D eigenvalue weighted by atomic mass is 9.86. The third-order valence-electron chi connectivity index (χ3n) is 2.12. The minimum atomic E-state index is -0.00789. The van der Waals surface area contributed by atoms with Gasteiger partial charge in [0.1, 0.15) is 5.75 Å². The van der Waals surface area contributed by atoms with Gasteiger partial charge in [-0.05, 0) is 24.0 Å². The number of benzene rings is 1. The second-order valence-corrected chi connectivity index (χ2v) is 4.46. The molecular formula is C12H16O2. The normalized spacial score (nSPS) is 11.1. The molecule has 0 saturated heterocycles. The van der Waals surface area contributed by atoms with Crippen LogP contribution in [-0.2, 0) is 10.2 Å². The summed E-state index contributed by atoms with van der Waals surface area (Å²) in [5.41, 5.74) is 2.14. The molecule has 0 aliphatic heterocycles. The van der Waals surface area contributed by atoms with Crippen LogP contribution in [0.1, 0.15) is 31.9 Å². The van der Waals surface area contributed by atoms with Crippen LogP contribution < -0.4 is 4.74 Å². The van der Waals surface area contributed by atoms with Gasteiger partial charge < -0.3 is 4.74 Å². The Morgan fingerprint density at radius 3 is 2.43 bits per heavy atom. The predicted octanol–water partition coefficient (Wildman–Crippen LogP) is 2.83. The van der Waals surface area contributed by atoms with E-state index in [0.717, 1.165) is 11.1 Å². The van der Waals surface area contributed by atoms with E-state index in [4.69, 9.17) is 4.74 Å². The monoisotopic (exact) mass is 192 g/mol. The number of hydrogen-bond acceptors (Lipinski definition) is 2. The summed E-state index contributed by atoms with van der Waals surface area (Å²) in [6.07, 6.45) is 0. The Bertz CT molecular complexity index is 335. The third-order valence-corrected chi connectivity index (χ3v) is 2.12. The van der Waals surface area contributed by atoms with E-state index in [9.17, 15) is 4.79 Å². The van der Waals surface area contributed by atoms with E-state index in [1.807, 2.05) is 25.1 Å². The van der Waals surface area contributed by atoms with Crippen molar-refractivity contribution in [1.29, 1.82) is 0 Å². The number of hydrogen-bond donors (Lipinski definition) is 0. The second kappa shape index (κ2) is 3.82. The zero-order valence-electron chi connectivity index (χ0n) is 9.13. The van der Waals surface area contributed by atoms with Crippen LogP contribution in [0.4, 0.5) is 0 Å². The molecular weight excluding hydrogens is 176 g/mol. The van der Waals surface area contributed by atoms with Crippen LogP contribution in [-0.4, -0.2) is 6.47 Å². The van der Waals surface area contributed by atoms with Gasteiger partial charge in [0.2, 0.25) is 0 Å². The van der Waals surface area contributed by atoms with Crippen molar-refractivity contribution in [3.8, 4) is 5.75 Å². The first-order valence-corrected chi connectivity index (χ1v) is 4.66. The van der Waals surface area contributed by atoms with Crippen LogP contribution in [0, 0.1) is 6.92 Å². The summed E-state index contributed by atoms with van der Waals surface area (Å²) < 4.78 is 4.96. The molecule has 2 heteroatoms. The predicted molar refractivity (Wildman–Crippen MR) is 56.6 cm³/mol. The highest BCUT2D eigenvalue weighted by atomic mass is 16.5. The molecule has 0 bridgehead atoms. The lowest BCUT2D eigenvalue weighted by molar-refractivity contribution is -0.120. The summed E-state index contributed by atoms with van der Waals surface area (Å²) in [4.78, 5) is 10.3. The molecule has 0 N–H and O–H groups in total. The fraction of sp³-hybridized carbons (Fsp3) is 0.417. The van der Waals surface area contributed by atoms with Crippen molar-refractivity contribution in [2.45, 2.75) is 33.1 Å². The molecule has 1 rings (SSSR count). The van der Waals surface area contributed by atoms with Gasteiger partial charge in [-0.1, -0.05) is 32.9 Å². The Hall–Kier alpha value is -1.31. The summed E-state index contributed by atoms with van der Waals surface area (Å²) in [5, 5.41) is 0. The van der Waals surface area contributed by atoms with Gasteiger partial charge in [-0.2, -0.15) is 0 Å².